The molecule has 1 aliphatic heterocycles. The van der Waals surface area contributed by atoms with Crippen LogP contribution in [0, 0.1) is 10.1 Å². The van der Waals surface area contributed by atoms with Crippen LogP contribution in [-0.4, -0.2) is 16.6 Å². The molecule has 4 nitrogen and oxygen atoms in total. The summed E-state index contributed by atoms with van der Waals surface area (Å²) in [5.41, 5.74) is 0. The van der Waals surface area contributed by atoms with Crippen LogP contribution < -0.4 is 0 Å². The summed E-state index contributed by atoms with van der Waals surface area (Å²) in [6.45, 7) is 0.266. The van der Waals surface area contributed by atoms with Gasteiger partial charge in [0.15, 0.2) is 10.1 Å². The Hall–Kier alpha value is -1.10. The van der Waals surface area contributed by atoms with Gasteiger partial charge in [-0.3, -0.25) is 0 Å². The summed E-state index contributed by atoms with van der Waals surface area (Å²) >= 11 is 4.68. The number of hydrogen-bond acceptors (Lipinski definition) is 2. The number of hydrazine groups is 1. The van der Waals surface area contributed by atoms with Crippen LogP contribution in [0.25, 0.3) is 0 Å². The lowest BCUT2D eigenvalue weighted by atomic mass is 10.4. The van der Waals surface area contributed by atoms with Crippen molar-refractivity contribution in [2.75, 3.05) is 6.54 Å². The van der Waals surface area contributed by atoms with Crippen molar-refractivity contribution in [3.05, 3.63) is 33.4 Å². The molecule has 0 amide bonds. The van der Waals surface area contributed by atoms with Gasteiger partial charge in [-0.1, -0.05) is 29.8 Å². The van der Waals surface area contributed by atoms with Crippen molar-refractivity contribution in [3.8, 4) is 0 Å². The summed E-state index contributed by atoms with van der Waals surface area (Å²) in [5, 5.41) is 10.8. The molecule has 0 bridgehead atoms. The van der Waals surface area contributed by atoms with Crippen LogP contribution >= 0.6 is 12.6 Å². The van der Waals surface area contributed by atoms with Gasteiger partial charge in [0.25, 0.3) is 0 Å². The van der Waals surface area contributed by atoms with E-state index in [0.717, 1.165) is 5.01 Å². The van der Waals surface area contributed by atoms with Crippen molar-refractivity contribution < 1.29 is 5.03 Å². The fourth-order valence-corrected chi connectivity index (χ4v) is 0.854. The maximum absolute atomic E-state index is 10.2. The number of hydrogen-bond donors (Lipinski definition) is 0. The molecule has 0 unspecified atom stereocenters. The predicted molar refractivity (Wildman–Crippen MR) is 38.5 cm³/mol. The molecule has 0 N–H and O–H groups in total. The average molecular weight is 157 g/mol. The maximum Gasteiger partial charge on any atom is 0.168 e. The zero-order valence-electron chi connectivity index (χ0n) is 5.06. The molecule has 0 saturated carbocycles. The van der Waals surface area contributed by atoms with Crippen molar-refractivity contribution in [1.82, 2.24) is 5.01 Å². The van der Waals surface area contributed by atoms with E-state index in [0.29, 0.717) is 0 Å². The smallest absolute Gasteiger partial charge is 0.168 e. The first-order valence-corrected chi connectivity index (χ1v) is 3.08. The van der Waals surface area contributed by atoms with Gasteiger partial charge in [0.1, 0.15) is 6.54 Å². The van der Waals surface area contributed by atoms with Gasteiger partial charge in [0.05, 0.1) is 0 Å². The minimum Gasteiger partial charge on any atom is -0.234 e. The van der Waals surface area contributed by atoms with Crippen LogP contribution in [0.5, 0.6) is 0 Å². The summed E-state index contributed by atoms with van der Waals surface area (Å²) in [5.74, 6) is 0. The maximum atomic E-state index is 10.2. The lowest BCUT2D eigenvalue weighted by molar-refractivity contribution is -0.639. The summed E-state index contributed by atoms with van der Waals surface area (Å²) < 4.78 is 0. The van der Waals surface area contributed by atoms with Gasteiger partial charge < -0.3 is 0 Å². The van der Waals surface area contributed by atoms with Crippen molar-refractivity contribution in [3.63, 3.8) is 0 Å². The topological polar surface area (TPSA) is 46.4 Å². The molecular formula is C5H5N2O2S. The molecule has 10 heavy (non-hydrogen) atoms. The molecule has 1 rings (SSSR count). The fraction of sp³-hybridized carbons (Fsp3) is 0.200. The normalized spacial score (nSPS) is 16.8. The minimum absolute atomic E-state index is 0.257. The standard InChI is InChI=1S/C5H5N2O2S/c8-7(9)6-4-2-1-3-5(6)10/h1-3H,4H2. The lowest BCUT2D eigenvalue weighted by Gasteiger charge is -2.12. The summed E-state index contributed by atoms with van der Waals surface area (Å²) in [4.78, 5) is 10.2. The average Bonchev–Trinajstić information content (AvgIpc) is 1.88. The monoisotopic (exact) mass is 157 g/mol. The first-order chi connectivity index (χ1) is 4.72. The SMILES string of the molecule is O=[N+]([O-])N1CC=CC=C1[S]. The van der Waals surface area contributed by atoms with Crippen LogP contribution in [0.4, 0.5) is 0 Å². The molecule has 0 atom stereocenters. The molecule has 0 aromatic rings. The Bertz CT molecular complexity index is 212. The zero-order valence-corrected chi connectivity index (χ0v) is 5.87. The quantitative estimate of drug-likeness (QED) is 0.422. The third-order valence-electron chi connectivity index (χ3n) is 1.10. The number of nitrogens with zero attached hydrogens (tertiary/aromatic N) is 2. The van der Waals surface area contributed by atoms with Gasteiger partial charge in [0, 0.05) is 0 Å². The Labute approximate surface area is 63.4 Å². The van der Waals surface area contributed by atoms with E-state index < -0.39 is 5.03 Å². The molecule has 1 heterocycles. The van der Waals surface area contributed by atoms with E-state index in [9.17, 15) is 10.1 Å². The molecule has 0 aliphatic carbocycles. The van der Waals surface area contributed by atoms with Crippen molar-refractivity contribution in [2.45, 2.75) is 0 Å². The largest absolute Gasteiger partial charge is 0.234 e. The molecule has 1 radical (unpaired) electrons. The number of allylic oxidation sites excluding steroid dienone is 2. The third-order valence-corrected chi connectivity index (χ3v) is 1.45. The van der Waals surface area contributed by atoms with Crippen molar-refractivity contribution in [2.24, 2.45) is 0 Å². The van der Waals surface area contributed by atoms with Gasteiger partial charge in [-0.15, -0.1) is 0 Å². The molecular weight excluding hydrogens is 152 g/mol. The molecule has 0 spiro atoms. The predicted octanol–water partition coefficient (Wildman–Crippen LogP) is 1.09. The Morgan fingerprint density at radius 1 is 1.80 bits per heavy atom. The highest BCUT2D eigenvalue weighted by Crippen LogP contribution is 2.12. The molecule has 0 aromatic heterocycles. The fourth-order valence-electron chi connectivity index (χ4n) is 0.634. The molecule has 1 aliphatic rings. The van der Waals surface area contributed by atoms with Crippen molar-refractivity contribution >= 4 is 12.6 Å². The minimum atomic E-state index is -0.512. The Morgan fingerprint density at radius 3 is 2.90 bits per heavy atom. The van der Waals surface area contributed by atoms with E-state index >= 15 is 0 Å². The van der Waals surface area contributed by atoms with E-state index in [2.05, 4.69) is 12.6 Å². The van der Waals surface area contributed by atoms with Crippen LogP contribution in [0.3, 0.4) is 0 Å². The molecule has 53 valence electrons. The zero-order chi connectivity index (χ0) is 7.56. The molecule has 0 fully saturated rings. The Balaban J connectivity index is 2.73. The second kappa shape index (κ2) is 2.66. The highest BCUT2D eigenvalue weighted by atomic mass is 32.1. The molecule has 0 saturated heterocycles. The van der Waals surface area contributed by atoms with Crippen LogP contribution in [-0.2, 0) is 0 Å². The van der Waals surface area contributed by atoms with Gasteiger partial charge in [0.2, 0.25) is 0 Å². The van der Waals surface area contributed by atoms with Crippen LogP contribution in [0.2, 0.25) is 0 Å². The van der Waals surface area contributed by atoms with E-state index in [-0.39, 0.29) is 11.6 Å². The van der Waals surface area contributed by atoms with Crippen molar-refractivity contribution in [1.29, 1.82) is 0 Å². The summed E-state index contributed by atoms with van der Waals surface area (Å²) in [7, 11) is 0. The van der Waals surface area contributed by atoms with E-state index in [4.69, 9.17) is 0 Å². The summed E-state index contributed by atoms with van der Waals surface area (Å²) in [6, 6.07) is 0. The first-order valence-electron chi connectivity index (χ1n) is 2.67. The van der Waals surface area contributed by atoms with Crippen LogP contribution in [0.1, 0.15) is 0 Å². The molecule has 0 aromatic carbocycles. The van der Waals surface area contributed by atoms with Gasteiger partial charge in [-0.05, 0) is 6.08 Å². The number of nitro groups is 1. The van der Waals surface area contributed by atoms with Gasteiger partial charge >= 0.3 is 0 Å². The van der Waals surface area contributed by atoms with E-state index in [1.54, 1.807) is 12.2 Å². The summed E-state index contributed by atoms with van der Waals surface area (Å²) in [6.07, 6.45) is 4.92. The third kappa shape index (κ3) is 1.24. The Morgan fingerprint density at radius 2 is 2.50 bits per heavy atom. The number of rotatable bonds is 1. The second-order valence-electron chi connectivity index (χ2n) is 1.75. The second-order valence-corrected chi connectivity index (χ2v) is 2.17. The lowest BCUT2D eigenvalue weighted by Crippen LogP contribution is -2.28. The van der Waals surface area contributed by atoms with Gasteiger partial charge in [-0.2, -0.15) is 0 Å². The van der Waals surface area contributed by atoms with E-state index in [1.165, 1.54) is 6.08 Å². The van der Waals surface area contributed by atoms with Crippen LogP contribution in [0.15, 0.2) is 23.3 Å². The van der Waals surface area contributed by atoms with E-state index in [1.807, 2.05) is 0 Å². The highest BCUT2D eigenvalue weighted by Gasteiger charge is 2.17. The Kier molecular flexibility index (Phi) is 1.86. The molecule has 5 heteroatoms. The van der Waals surface area contributed by atoms with Gasteiger partial charge in [-0.25, -0.2) is 10.1 Å². The highest BCUT2D eigenvalue weighted by molar-refractivity contribution is 7.84. The first kappa shape index (κ1) is 7.01.